The number of hydrogen-bond acceptors (Lipinski definition) is 2. The molecule has 1 heterocycles. The van der Waals surface area contributed by atoms with E-state index in [2.05, 4.69) is 30.3 Å². The van der Waals surface area contributed by atoms with Crippen LogP contribution in [-0.2, 0) is 4.79 Å². The molecule has 0 bridgehead atoms. The van der Waals surface area contributed by atoms with Crippen LogP contribution in [0.5, 0.6) is 0 Å². The van der Waals surface area contributed by atoms with Crippen molar-refractivity contribution in [1.82, 2.24) is 4.90 Å². The fraction of sp³-hybridized carbons (Fsp3) is 0.588. The first kappa shape index (κ1) is 13.6. The van der Waals surface area contributed by atoms with Crippen LogP contribution in [0.4, 0.5) is 0 Å². The average molecular weight is 272 g/mol. The van der Waals surface area contributed by atoms with Crippen LogP contribution in [0.3, 0.4) is 0 Å². The summed E-state index contributed by atoms with van der Waals surface area (Å²) in [5.41, 5.74) is 7.47. The number of amides is 1. The SMILES string of the molecule is NC(CC(=O)N1CCC(c2ccccc2)CC1)C1CC1. The first-order valence-corrected chi connectivity index (χ1v) is 7.82. The Morgan fingerprint density at radius 2 is 1.80 bits per heavy atom. The molecule has 3 nitrogen and oxygen atoms in total. The molecule has 0 radical (unpaired) electrons. The Bertz CT molecular complexity index is 447. The van der Waals surface area contributed by atoms with Gasteiger partial charge in [0.05, 0.1) is 0 Å². The van der Waals surface area contributed by atoms with E-state index in [1.807, 2.05) is 4.90 Å². The van der Waals surface area contributed by atoms with Gasteiger partial charge in [-0.3, -0.25) is 4.79 Å². The summed E-state index contributed by atoms with van der Waals surface area (Å²) in [5.74, 6) is 1.48. The van der Waals surface area contributed by atoms with E-state index in [1.54, 1.807) is 0 Å². The number of carbonyl (C=O) groups is 1. The Morgan fingerprint density at radius 1 is 1.15 bits per heavy atom. The summed E-state index contributed by atoms with van der Waals surface area (Å²) in [6.07, 6.45) is 5.12. The van der Waals surface area contributed by atoms with E-state index in [0.29, 0.717) is 18.3 Å². The molecule has 1 aliphatic carbocycles. The minimum absolute atomic E-state index is 0.0920. The van der Waals surface area contributed by atoms with E-state index in [9.17, 15) is 4.79 Å². The Hall–Kier alpha value is -1.35. The van der Waals surface area contributed by atoms with Gasteiger partial charge in [-0.2, -0.15) is 0 Å². The highest BCUT2D eigenvalue weighted by Gasteiger charge is 2.32. The van der Waals surface area contributed by atoms with Crippen LogP contribution in [0.1, 0.15) is 43.6 Å². The molecule has 1 saturated heterocycles. The highest BCUT2D eigenvalue weighted by molar-refractivity contribution is 5.77. The summed E-state index contributed by atoms with van der Waals surface area (Å²) in [6.45, 7) is 1.77. The molecule has 1 aromatic carbocycles. The summed E-state index contributed by atoms with van der Waals surface area (Å²) in [6, 6.07) is 10.7. The van der Waals surface area contributed by atoms with Gasteiger partial charge in [-0.1, -0.05) is 30.3 Å². The van der Waals surface area contributed by atoms with E-state index in [4.69, 9.17) is 5.73 Å². The van der Waals surface area contributed by atoms with Crippen LogP contribution in [0.25, 0.3) is 0 Å². The Labute approximate surface area is 121 Å². The first-order valence-electron chi connectivity index (χ1n) is 7.82. The molecule has 108 valence electrons. The normalized spacial score (nSPS) is 21.8. The van der Waals surface area contributed by atoms with Gasteiger partial charge in [0.25, 0.3) is 0 Å². The molecule has 1 saturated carbocycles. The highest BCUT2D eigenvalue weighted by atomic mass is 16.2. The van der Waals surface area contributed by atoms with Crippen molar-refractivity contribution in [2.45, 2.75) is 44.1 Å². The fourth-order valence-electron chi connectivity index (χ4n) is 3.21. The summed E-state index contributed by atoms with van der Waals surface area (Å²) in [5, 5.41) is 0. The van der Waals surface area contributed by atoms with Crippen molar-refractivity contribution in [3.8, 4) is 0 Å². The van der Waals surface area contributed by atoms with Gasteiger partial charge >= 0.3 is 0 Å². The Kier molecular flexibility index (Phi) is 4.06. The number of nitrogens with two attached hydrogens (primary N) is 1. The van der Waals surface area contributed by atoms with E-state index in [0.717, 1.165) is 25.9 Å². The largest absolute Gasteiger partial charge is 0.343 e. The Morgan fingerprint density at radius 3 is 2.40 bits per heavy atom. The maximum Gasteiger partial charge on any atom is 0.224 e. The molecule has 3 rings (SSSR count). The maximum atomic E-state index is 12.2. The molecule has 3 heteroatoms. The number of likely N-dealkylation sites (tertiary alicyclic amines) is 1. The highest BCUT2D eigenvalue weighted by Crippen LogP contribution is 2.33. The lowest BCUT2D eigenvalue weighted by atomic mass is 9.89. The topological polar surface area (TPSA) is 46.3 Å². The quantitative estimate of drug-likeness (QED) is 0.915. The fourth-order valence-corrected chi connectivity index (χ4v) is 3.21. The summed E-state index contributed by atoms with van der Waals surface area (Å²) in [4.78, 5) is 14.2. The second-order valence-electron chi connectivity index (χ2n) is 6.27. The number of rotatable bonds is 4. The lowest BCUT2D eigenvalue weighted by molar-refractivity contribution is -0.132. The maximum absolute atomic E-state index is 12.2. The second-order valence-corrected chi connectivity index (χ2v) is 6.27. The van der Waals surface area contributed by atoms with Crippen LogP contribution in [0.15, 0.2) is 30.3 Å². The van der Waals surface area contributed by atoms with Crippen molar-refractivity contribution in [1.29, 1.82) is 0 Å². The molecular weight excluding hydrogens is 248 g/mol. The van der Waals surface area contributed by atoms with E-state index in [-0.39, 0.29) is 11.9 Å². The second kappa shape index (κ2) is 5.96. The molecule has 2 fully saturated rings. The predicted molar refractivity (Wildman–Crippen MR) is 80.3 cm³/mol. The van der Waals surface area contributed by atoms with Gasteiger partial charge in [0.15, 0.2) is 0 Å². The van der Waals surface area contributed by atoms with Crippen LogP contribution in [0.2, 0.25) is 0 Å². The first-order chi connectivity index (χ1) is 9.74. The van der Waals surface area contributed by atoms with Gasteiger partial charge in [0, 0.05) is 25.6 Å². The monoisotopic (exact) mass is 272 g/mol. The number of hydrogen-bond donors (Lipinski definition) is 1. The number of nitrogens with zero attached hydrogens (tertiary/aromatic N) is 1. The van der Waals surface area contributed by atoms with Gasteiger partial charge < -0.3 is 10.6 Å². The van der Waals surface area contributed by atoms with Gasteiger partial charge in [-0.25, -0.2) is 0 Å². The standard InChI is InChI=1S/C17H24N2O/c18-16(15-6-7-15)12-17(20)19-10-8-14(9-11-19)13-4-2-1-3-5-13/h1-5,14-16H,6-12,18H2. The summed E-state index contributed by atoms with van der Waals surface area (Å²) >= 11 is 0. The third-order valence-corrected chi connectivity index (χ3v) is 4.76. The van der Waals surface area contributed by atoms with Gasteiger partial charge in [0.2, 0.25) is 5.91 Å². The van der Waals surface area contributed by atoms with Crippen molar-refractivity contribution in [2.24, 2.45) is 11.7 Å². The molecule has 1 unspecified atom stereocenters. The predicted octanol–water partition coefficient (Wildman–Crippen LogP) is 2.52. The summed E-state index contributed by atoms with van der Waals surface area (Å²) < 4.78 is 0. The third kappa shape index (κ3) is 3.21. The van der Waals surface area contributed by atoms with E-state index >= 15 is 0 Å². The Balaban J connectivity index is 1.49. The van der Waals surface area contributed by atoms with E-state index in [1.165, 1.54) is 18.4 Å². The zero-order valence-electron chi connectivity index (χ0n) is 12.0. The molecule has 0 aromatic heterocycles. The van der Waals surface area contributed by atoms with Crippen LogP contribution in [-0.4, -0.2) is 29.9 Å². The molecule has 1 amide bonds. The molecule has 20 heavy (non-hydrogen) atoms. The number of carbonyl (C=O) groups excluding carboxylic acids is 1. The van der Waals surface area contributed by atoms with Gasteiger partial charge in [-0.05, 0) is 43.1 Å². The molecule has 2 N–H and O–H groups in total. The van der Waals surface area contributed by atoms with Crippen molar-refractivity contribution in [3.63, 3.8) is 0 Å². The van der Waals surface area contributed by atoms with Crippen LogP contribution in [0, 0.1) is 5.92 Å². The molecule has 1 atom stereocenters. The molecular formula is C17H24N2O. The zero-order chi connectivity index (χ0) is 13.9. The zero-order valence-corrected chi connectivity index (χ0v) is 12.0. The average Bonchev–Trinajstić information content (AvgIpc) is 3.33. The smallest absolute Gasteiger partial charge is 0.224 e. The van der Waals surface area contributed by atoms with Crippen LogP contribution >= 0.6 is 0 Å². The molecule has 1 aliphatic heterocycles. The van der Waals surface area contributed by atoms with E-state index < -0.39 is 0 Å². The lowest BCUT2D eigenvalue weighted by Crippen LogP contribution is -2.41. The molecule has 1 aromatic rings. The minimum Gasteiger partial charge on any atom is -0.343 e. The van der Waals surface area contributed by atoms with Crippen molar-refractivity contribution in [2.75, 3.05) is 13.1 Å². The molecule has 2 aliphatic rings. The lowest BCUT2D eigenvalue weighted by Gasteiger charge is -2.33. The number of piperidine rings is 1. The van der Waals surface area contributed by atoms with Crippen molar-refractivity contribution < 1.29 is 4.79 Å². The minimum atomic E-state index is 0.0920. The third-order valence-electron chi connectivity index (χ3n) is 4.76. The van der Waals surface area contributed by atoms with Crippen LogP contribution < -0.4 is 5.73 Å². The summed E-state index contributed by atoms with van der Waals surface area (Å²) in [7, 11) is 0. The molecule has 0 spiro atoms. The van der Waals surface area contributed by atoms with Gasteiger partial charge in [-0.15, -0.1) is 0 Å². The van der Waals surface area contributed by atoms with Crippen molar-refractivity contribution >= 4 is 5.91 Å². The van der Waals surface area contributed by atoms with Gasteiger partial charge in [0.1, 0.15) is 0 Å². The number of benzene rings is 1. The van der Waals surface area contributed by atoms with Crippen molar-refractivity contribution in [3.05, 3.63) is 35.9 Å².